The molecular weight excluding hydrogens is 242 g/mol. The van der Waals surface area contributed by atoms with E-state index in [1.807, 2.05) is 12.1 Å². The fourth-order valence-corrected chi connectivity index (χ4v) is 2.80. The predicted octanol–water partition coefficient (Wildman–Crippen LogP) is 3.26. The Hall–Kier alpha value is -1.78. The first-order valence-electron chi connectivity index (χ1n) is 6.87. The highest BCUT2D eigenvalue weighted by Crippen LogP contribution is 2.37. The molecule has 1 saturated heterocycles. The van der Waals surface area contributed by atoms with Crippen LogP contribution in [-0.2, 0) is 0 Å². The number of benzene rings is 1. The molecule has 1 aromatic carbocycles. The molecule has 0 radical (unpaired) electrons. The first-order valence-corrected chi connectivity index (χ1v) is 6.87. The van der Waals surface area contributed by atoms with E-state index >= 15 is 0 Å². The molecule has 1 N–H and O–H groups in total. The van der Waals surface area contributed by atoms with Gasteiger partial charge in [0.25, 0.3) is 0 Å². The molecule has 2 rings (SSSR count). The summed E-state index contributed by atoms with van der Waals surface area (Å²) in [5.74, 6) is 0.645. The number of anilines is 2. The van der Waals surface area contributed by atoms with Crippen molar-refractivity contribution in [1.82, 2.24) is 0 Å². The molecule has 1 unspecified atom stereocenters. The van der Waals surface area contributed by atoms with Crippen molar-refractivity contribution in [2.75, 3.05) is 30.4 Å². The topological polar surface area (TPSA) is 58.4 Å². The molecule has 0 bridgehead atoms. The number of nitrogens with zero attached hydrogens (tertiary/aromatic N) is 2. The molecule has 0 spiro atoms. The lowest BCUT2D eigenvalue weighted by atomic mass is 9.95. The van der Waals surface area contributed by atoms with E-state index < -0.39 is 0 Å². The molecule has 0 saturated carbocycles. The number of para-hydroxylation sites is 1. The van der Waals surface area contributed by atoms with Crippen LogP contribution in [0.25, 0.3) is 0 Å². The van der Waals surface area contributed by atoms with Crippen molar-refractivity contribution in [1.29, 1.82) is 0 Å². The zero-order valence-electron chi connectivity index (χ0n) is 11.6. The van der Waals surface area contributed by atoms with E-state index in [1.165, 1.54) is 6.42 Å². The summed E-state index contributed by atoms with van der Waals surface area (Å²) in [5, 5.41) is 14.2. The van der Waals surface area contributed by atoms with Gasteiger partial charge in [-0.1, -0.05) is 19.4 Å². The standard InChI is InChI=1S/C14H21N3O2/c1-3-11-6-5-9-16(10-11)13-8-4-7-12(15-2)14(13)17(18)19/h4,7-8,11,15H,3,5-6,9-10H2,1-2H3. The fraction of sp³-hybridized carbons (Fsp3) is 0.571. The van der Waals surface area contributed by atoms with Crippen molar-refractivity contribution in [2.24, 2.45) is 5.92 Å². The minimum atomic E-state index is -0.281. The van der Waals surface area contributed by atoms with Crippen LogP contribution in [-0.4, -0.2) is 25.1 Å². The molecule has 1 fully saturated rings. The molecule has 1 atom stereocenters. The third-order valence-electron chi connectivity index (χ3n) is 3.90. The summed E-state index contributed by atoms with van der Waals surface area (Å²) in [6.45, 7) is 4.02. The Labute approximate surface area is 113 Å². The van der Waals surface area contributed by atoms with Crippen LogP contribution in [0.15, 0.2) is 18.2 Å². The van der Waals surface area contributed by atoms with Crippen molar-refractivity contribution in [3.63, 3.8) is 0 Å². The fourth-order valence-electron chi connectivity index (χ4n) is 2.80. The quantitative estimate of drug-likeness (QED) is 0.669. The zero-order valence-corrected chi connectivity index (χ0v) is 11.6. The maximum absolute atomic E-state index is 11.3. The molecule has 0 aliphatic carbocycles. The summed E-state index contributed by atoms with van der Waals surface area (Å²) < 4.78 is 0. The van der Waals surface area contributed by atoms with Crippen molar-refractivity contribution < 1.29 is 4.92 Å². The number of hydrogen-bond donors (Lipinski definition) is 1. The number of nitro benzene ring substituents is 1. The normalized spacial score (nSPS) is 19.3. The Kier molecular flexibility index (Phi) is 4.24. The number of nitro groups is 1. The van der Waals surface area contributed by atoms with E-state index in [4.69, 9.17) is 0 Å². The van der Waals surface area contributed by atoms with Crippen LogP contribution in [0.3, 0.4) is 0 Å². The molecule has 0 amide bonds. The van der Waals surface area contributed by atoms with Gasteiger partial charge in [0.2, 0.25) is 0 Å². The van der Waals surface area contributed by atoms with Gasteiger partial charge in [-0.3, -0.25) is 10.1 Å². The molecule has 19 heavy (non-hydrogen) atoms. The molecule has 104 valence electrons. The smallest absolute Gasteiger partial charge is 0.315 e. The summed E-state index contributed by atoms with van der Waals surface area (Å²) in [4.78, 5) is 13.2. The van der Waals surface area contributed by atoms with E-state index in [1.54, 1.807) is 13.1 Å². The van der Waals surface area contributed by atoms with Crippen LogP contribution in [0, 0.1) is 16.0 Å². The van der Waals surface area contributed by atoms with Gasteiger partial charge >= 0.3 is 5.69 Å². The van der Waals surface area contributed by atoms with Crippen LogP contribution in [0.5, 0.6) is 0 Å². The van der Waals surface area contributed by atoms with Gasteiger partial charge in [-0.05, 0) is 30.9 Å². The molecule has 0 aromatic heterocycles. The Morgan fingerprint density at radius 2 is 2.32 bits per heavy atom. The lowest BCUT2D eigenvalue weighted by molar-refractivity contribution is -0.383. The van der Waals surface area contributed by atoms with Crippen molar-refractivity contribution in [3.8, 4) is 0 Å². The van der Waals surface area contributed by atoms with Gasteiger partial charge in [0.05, 0.1) is 4.92 Å². The van der Waals surface area contributed by atoms with Gasteiger partial charge in [0.15, 0.2) is 0 Å². The summed E-state index contributed by atoms with van der Waals surface area (Å²) in [7, 11) is 1.72. The SMILES string of the molecule is CCC1CCCN(c2cccc(NC)c2[N+](=O)[O-])C1. The monoisotopic (exact) mass is 263 g/mol. The number of rotatable bonds is 4. The third-order valence-corrected chi connectivity index (χ3v) is 3.90. The van der Waals surface area contributed by atoms with Gasteiger partial charge in [0.1, 0.15) is 11.4 Å². The van der Waals surface area contributed by atoms with Crippen molar-refractivity contribution >= 4 is 17.1 Å². The number of nitrogens with one attached hydrogen (secondary N) is 1. The zero-order chi connectivity index (χ0) is 13.8. The maximum Gasteiger partial charge on any atom is 0.315 e. The van der Waals surface area contributed by atoms with E-state index in [0.29, 0.717) is 11.6 Å². The lowest BCUT2D eigenvalue weighted by Crippen LogP contribution is -2.35. The van der Waals surface area contributed by atoms with E-state index in [0.717, 1.165) is 31.6 Å². The largest absolute Gasteiger partial charge is 0.382 e. The highest BCUT2D eigenvalue weighted by Gasteiger charge is 2.26. The Morgan fingerprint density at radius 1 is 1.53 bits per heavy atom. The summed E-state index contributed by atoms with van der Waals surface area (Å²) in [6.07, 6.45) is 3.47. The van der Waals surface area contributed by atoms with Crippen molar-refractivity contribution in [2.45, 2.75) is 26.2 Å². The van der Waals surface area contributed by atoms with E-state index in [9.17, 15) is 10.1 Å². The molecule has 1 aromatic rings. The summed E-state index contributed by atoms with van der Waals surface area (Å²) in [5.41, 5.74) is 1.53. The van der Waals surface area contributed by atoms with Crippen LogP contribution in [0.2, 0.25) is 0 Å². The molecule has 5 nitrogen and oxygen atoms in total. The van der Waals surface area contributed by atoms with Gasteiger partial charge in [-0.25, -0.2) is 0 Å². The van der Waals surface area contributed by atoms with Gasteiger partial charge < -0.3 is 10.2 Å². The average Bonchev–Trinajstić information content (AvgIpc) is 2.46. The van der Waals surface area contributed by atoms with Gasteiger partial charge in [0, 0.05) is 20.1 Å². The minimum absolute atomic E-state index is 0.196. The second kappa shape index (κ2) is 5.91. The summed E-state index contributed by atoms with van der Waals surface area (Å²) >= 11 is 0. The Bertz CT molecular complexity index is 462. The molecule has 1 aliphatic heterocycles. The molecule has 5 heteroatoms. The minimum Gasteiger partial charge on any atom is -0.382 e. The van der Waals surface area contributed by atoms with Gasteiger partial charge in [-0.15, -0.1) is 0 Å². The van der Waals surface area contributed by atoms with E-state index in [-0.39, 0.29) is 10.6 Å². The Balaban J connectivity index is 2.35. The third kappa shape index (κ3) is 2.80. The average molecular weight is 263 g/mol. The predicted molar refractivity (Wildman–Crippen MR) is 77.9 cm³/mol. The van der Waals surface area contributed by atoms with Crippen molar-refractivity contribution in [3.05, 3.63) is 28.3 Å². The highest BCUT2D eigenvalue weighted by molar-refractivity contribution is 5.77. The highest BCUT2D eigenvalue weighted by atomic mass is 16.6. The van der Waals surface area contributed by atoms with Crippen LogP contribution in [0.4, 0.5) is 17.1 Å². The lowest BCUT2D eigenvalue weighted by Gasteiger charge is -2.33. The number of hydrogen-bond acceptors (Lipinski definition) is 4. The maximum atomic E-state index is 11.3. The first kappa shape index (κ1) is 13.6. The molecule has 1 aliphatic rings. The number of piperidine rings is 1. The second-order valence-corrected chi connectivity index (χ2v) is 5.04. The molecular formula is C14H21N3O2. The van der Waals surface area contributed by atoms with Crippen LogP contribution >= 0.6 is 0 Å². The van der Waals surface area contributed by atoms with Crippen LogP contribution < -0.4 is 10.2 Å². The molecule has 1 heterocycles. The Morgan fingerprint density at radius 3 is 2.95 bits per heavy atom. The van der Waals surface area contributed by atoms with Gasteiger partial charge in [-0.2, -0.15) is 0 Å². The van der Waals surface area contributed by atoms with Crippen LogP contribution in [0.1, 0.15) is 26.2 Å². The first-order chi connectivity index (χ1) is 9.17. The summed E-state index contributed by atoms with van der Waals surface area (Å²) in [6, 6.07) is 5.49. The van der Waals surface area contributed by atoms with E-state index in [2.05, 4.69) is 17.1 Å². The second-order valence-electron chi connectivity index (χ2n) is 5.04.